The Morgan fingerprint density at radius 1 is 1.42 bits per heavy atom. The van der Waals surface area contributed by atoms with Crippen LogP contribution >= 0.6 is 0 Å². The molecule has 1 aromatic rings. The van der Waals surface area contributed by atoms with Crippen molar-refractivity contribution in [1.29, 1.82) is 0 Å². The third-order valence-corrected chi connectivity index (χ3v) is 3.88. The number of amides is 2. The van der Waals surface area contributed by atoms with Gasteiger partial charge in [-0.3, -0.25) is 0 Å². The summed E-state index contributed by atoms with van der Waals surface area (Å²) in [6.45, 7) is 1.93. The van der Waals surface area contributed by atoms with Gasteiger partial charge in [0.05, 0.1) is 0 Å². The van der Waals surface area contributed by atoms with Crippen LogP contribution in [0.5, 0.6) is 0 Å². The summed E-state index contributed by atoms with van der Waals surface area (Å²) in [5.74, 6) is 0.0887. The Hall–Kier alpha value is -1.91. The van der Waals surface area contributed by atoms with Gasteiger partial charge in [-0.05, 0) is 37.5 Å². The molecule has 1 heterocycles. The van der Waals surface area contributed by atoms with Crippen molar-refractivity contribution >= 4 is 11.9 Å². The van der Waals surface area contributed by atoms with Crippen LogP contribution in [0, 0.1) is 5.82 Å². The van der Waals surface area contributed by atoms with Crippen LogP contribution < -0.4 is 5.73 Å². The van der Waals surface area contributed by atoms with Gasteiger partial charge in [-0.25, -0.2) is 9.18 Å². The van der Waals surface area contributed by atoms with Crippen molar-refractivity contribution in [3.8, 4) is 0 Å². The lowest BCUT2D eigenvalue weighted by Crippen LogP contribution is -2.54. The average molecular weight is 261 g/mol. The van der Waals surface area contributed by atoms with Gasteiger partial charge in [-0.15, -0.1) is 0 Å². The summed E-state index contributed by atoms with van der Waals surface area (Å²) < 4.78 is 12.9. The zero-order chi connectivity index (χ0) is 13.6. The summed E-state index contributed by atoms with van der Waals surface area (Å²) in [5, 5.41) is 0. The summed E-state index contributed by atoms with van der Waals surface area (Å²) in [6, 6.07) is 6.30. The molecule has 1 aromatic carbocycles. The summed E-state index contributed by atoms with van der Waals surface area (Å²) in [4.78, 5) is 17.6. The van der Waals surface area contributed by atoms with Crippen molar-refractivity contribution < 1.29 is 9.18 Å². The highest BCUT2D eigenvalue weighted by atomic mass is 19.1. The van der Waals surface area contributed by atoms with E-state index in [4.69, 9.17) is 5.73 Å². The fourth-order valence-corrected chi connectivity index (χ4v) is 2.68. The first-order valence-electron chi connectivity index (χ1n) is 6.43. The molecular weight excluding hydrogens is 245 g/mol. The number of aliphatic imine (C=N–C) groups is 1. The lowest BCUT2D eigenvalue weighted by atomic mass is 9.90. The van der Waals surface area contributed by atoms with Gasteiger partial charge in [0.2, 0.25) is 0 Å². The van der Waals surface area contributed by atoms with Gasteiger partial charge in [-0.1, -0.05) is 12.1 Å². The molecule has 0 saturated heterocycles. The van der Waals surface area contributed by atoms with Crippen molar-refractivity contribution in [3.05, 3.63) is 35.6 Å². The molecule has 2 N–H and O–H groups in total. The largest absolute Gasteiger partial charge is 0.385 e. The molecule has 5 heteroatoms. The molecule has 1 atom stereocenters. The van der Waals surface area contributed by atoms with E-state index in [0.29, 0.717) is 12.3 Å². The van der Waals surface area contributed by atoms with E-state index in [2.05, 4.69) is 4.99 Å². The first-order valence-corrected chi connectivity index (χ1v) is 6.43. The van der Waals surface area contributed by atoms with Crippen LogP contribution in [0.4, 0.5) is 9.18 Å². The van der Waals surface area contributed by atoms with Gasteiger partial charge in [0.25, 0.3) is 0 Å². The summed E-state index contributed by atoms with van der Waals surface area (Å²) in [7, 11) is 0. The average Bonchev–Trinajstić information content (AvgIpc) is 3.13. The molecule has 2 amide bonds. The van der Waals surface area contributed by atoms with Crippen molar-refractivity contribution in [1.82, 2.24) is 4.90 Å². The number of rotatable bonds is 3. The van der Waals surface area contributed by atoms with Crippen LogP contribution in [0.15, 0.2) is 29.3 Å². The maximum Gasteiger partial charge on any atom is 0.346 e. The second-order valence-electron chi connectivity index (χ2n) is 5.46. The van der Waals surface area contributed by atoms with Gasteiger partial charge in [0.1, 0.15) is 17.2 Å². The van der Waals surface area contributed by atoms with Gasteiger partial charge < -0.3 is 10.6 Å². The molecule has 1 unspecified atom stereocenters. The fourth-order valence-electron chi connectivity index (χ4n) is 2.68. The van der Waals surface area contributed by atoms with Crippen LogP contribution in [0.1, 0.15) is 25.3 Å². The highest BCUT2D eigenvalue weighted by molar-refractivity contribution is 6.06. The molecule has 3 rings (SSSR count). The zero-order valence-corrected chi connectivity index (χ0v) is 10.8. The SMILES string of the molecule is CC1(Cc2ccc(F)cc2)C(N)=NC(=O)N1C1CC1. The molecule has 1 aliphatic heterocycles. The molecule has 2 aliphatic rings. The number of halogens is 1. The zero-order valence-electron chi connectivity index (χ0n) is 10.8. The Morgan fingerprint density at radius 3 is 2.63 bits per heavy atom. The van der Waals surface area contributed by atoms with E-state index in [9.17, 15) is 9.18 Å². The van der Waals surface area contributed by atoms with E-state index in [1.807, 2.05) is 6.92 Å². The number of carbonyl (C=O) groups is 1. The molecule has 1 saturated carbocycles. The molecule has 1 aliphatic carbocycles. The Kier molecular flexibility index (Phi) is 2.59. The van der Waals surface area contributed by atoms with Crippen molar-refractivity contribution in [2.45, 2.75) is 37.8 Å². The third-order valence-electron chi connectivity index (χ3n) is 3.88. The number of nitrogens with two attached hydrogens (primary N) is 1. The van der Waals surface area contributed by atoms with Crippen LogP contribution in [-0.4, -0.2) is 28.3 Å². The van der Waals surface area contributed by atoms with Gasteiger partial charge in [0, 0.05) is 12.5 Å². The monoisotopic (exact) mass is 261 g/mol. The lowest BCUT2D eigenvalue weighted by molar-refractivity contribution is 0.173. The Labute approximate surface area is 111 Å². The minimum Gasteiger partial charge on any atom is -0.385 e. The van der Waals surface area contributed by atoms with E-state index in [0.717, 1.165) is 18.4 Å². The number of urea groups is 1. The highest BCUT2D eigenvalue weighted by Crippen LogP contribution is 2.38. The molecule has 4 nitrogen and oxygen atoms in total. The number of nitrogens with zero attached hydrogens (tertiary/aromatic N) is 2. The molecule has 1 fully saturated rings. The second-order valence-corrected chi connectivity index (χ2v) is 5.46. The van der Waals surface area contributed by atoms with Crippen LogP contribution in [0.2, 0.25) is 0 Å². The van der Waals surface area contributed by atoms with Crippen LogP contribution in [0.3, 0.4) is 0 Å². The molecule has 0 spiro atoms. The predicted octanol–water partition coefficient (Wildman–Crippen LogP) is 2.08. The quantitative estimate of drug-likeness (QED) is 0.905. The van der Waals surface area contributed by atoms with Gasteiger partial charge in [0.15, 0.2) is 0 Å². The van der Waals surface area contributed by atoms with Crippen LogP contribution in [0.25, 0.3) is 0 Å². The van der Waals surface area contributed by atoms with Gasteiger partial charge >= 0.3 is 6.03 Å². The topological polar surface area (TPSA) is 58.7 Å². The minimum absolute atomic E-state index is 0.246. The first-order chi connectivity index (χ1) is 9.00. The maximum absolute atomic E-state index is 12.9. The first kappa shape index (κ1) is 12.1. The van der Waals surface area contributed by atoms with Crippen molar-refractivity contribution in [3.63, 3.8) is 0 Å². The van der Waals surface area contributed by atoms with Crippen molar-refractivity contribution in [2.24, 2.45) is 10.7 Å². The maximum atomic E-state index is 12.9. The minimum atomic E-state index is -0.587. The standard InChI is InChI=1S/C14H16FN3O/c1-14(8-9-2-4-10(15)5-3-9)12(16)17-13(19)18(14)11-6-7-11/h2-5,11H,6-8H2,1H3,(H2,16,17,19). The number of carbonyl (C=O) groups excluding carboxylic acids is 1. The Balaban J connectivity index is 1.89. The van der Waals surface area contributed by atoms with E-state index in [1.54, 1.807) is 17.0 Å². The summed E-state index contributed by atoms with van der Waals surface area (Å²) in [5.41, 5.74) is 6.31. The van der Waals surface area contributed by atoms with E-state index >= 15 is 0 Å². The Morgan fingerprint density at radius 2 is 2.05 bits per heavy atom. The number of amidine groups is 1. The van der Waals surface area contributed by atoms with E-state index in [-0.39, 0.29) is 17.9 Å². The smallest absolute Gasteiger partial charge is 0.346 e. The lowest BCUT2D eigenvalue weighted by Gasteiger charge is -2.35. The normalized spacial score (nSPS) is 26.7. The Bertz CT molecular complexity index is 550. The van der Waals surface area contributed by atoms with Crippen LogP contribution in [-0.2, 0) is 6.42 Å². The number of hydrogen-bond donors (Lipinski definition) is 1. The summed E-state index contributed by atoms with van der Waals surface area (Å²) in [6.07, 6.45) is 2.58. The van der Waals surface area contributed by atoms with E-state index in [1.165, 1.54) is 12.1 Å². The molecular formula is C14H16FN3O. The van der Waals surface area contributed by atoms with Gasteiger partial charge in [-0.2, -0.15) is 4.99 Å². The number of benzene rings is 1. The number of hydrogen-bond acceptors (Lipinski definition) is 2. The molecule has 0 radical (unpaired) electrons. The third kappa shape index (κ3) is 1.99. The fraction of sp³-hybridized carbons (Fsp3) is 0.429. The second kappa shape index (κ2) is 4.05. The molecule has 100 valence electrons. The molecule has 0 bridgehead atoms. The molecule has 19 heavy (non-hydrogen) atoms. The highest BCUT2D eigenvalue weighted by Gasteiger charge is 2.50. The van der Waals surface area contributed by atoms with E-state index < -0.39 is 5.54 Å². The molecule has 0 aromatic heterocycles. The summed E-state index contributed by atoms with van der Waals surface area (Å²) >= 11 is 0. The van der Waals surface area contributed by atoms with Crippen molar-refractivity contribution in [2.75, 3.05) is 0 Å². The predicted molar refractivity (Wildman–Crippen MR) is 70.4 cm³/mol.